The van der Waals surface area contributed by atoms with Crippen LogP contribution in [-0.4, -0.2) is 22.2 Å². The van der Waals surface area contributed by atoms with Crippen molar-refractivity contribution in [1.29, 1.82) is 0 Å². The van der Waals surface area contributed by atoms with Crippen LogP contribution in [0.15, 0.2) is 47.3 Å². The normalized spacial score (nSPS) is 11.7. The summed E-state index contributed by atoms with van der Waals surface area (Å²) in [5.74, 6) is 0.402. The lowest BCUT2D eigenvalue weighted by atomic mass is 10.1. The number of ether oxygens (including phenoxy) is 1. The molecule has 0 spiro atoms. The fraction of sp³-hybridized carbons (Fsp3) is 0.0588. The molecule has 0 bridgehead atoms. The van der Waals surface area contributed by atoms with E-state index in [4.69, 9.17) is 16.3 Å². The van der Waals surface area contributed by atoms with Crippen LogP contribution in [0.5, 0.6) is 5.75 Å². The second-order valence-corrected chi connectivity index (χ2v) is 5.28. The SMILES string of the molecule is COc1ccccc1C(O)=Cc1nc2ccc(Cl)cc2[nH]c1=O. The number of nitrogens with zero attached hydrogens (tertiary/aromatic N) is 1. The molecule has 23 heavy (non-hydrogen) atoms. The number of rotatable bonds is 3. The van der Waals surface area contributed by atoms with E-state index in [0.717, 1.165) is 0 Å². The van der Waals surface area contributed by atoms with Crippen LogP contribution in [0.3, 0.4) is 0 Å². The number of para-hydroxylation sites is 1. The third-order valence-corrected chi connectivity index (χ3v) is 3.57. The maximum absolute atomic E-state index is 12.1. The second-order valence-electron chi connectivity index (χ2n) is 4.84. The van der Waals surface area contributed by atoms with Gasteiger partial charge in [0, 0.05) is 11.1 Å². The molecule has 1 heterocycles. The Kier molecular flexibility index (Phi) is 4.04. The van der Waals surface area contributed by atoms with E-state index in [0.29, 0.717) is 27.4 Å². The minimum Gasteiger partial charge on any atom is -0.507 e. The Balaban J connectivity index is 2.11. The summed E-state index contributed by atoms with van der Waals surface area (Å²) in [5.41, 5.74) is 1.28. The third-order valence-electron chi connectivity index (χ3n) is 3.34. The molecule has 6 heteroatoms. The first-order valence-corrected chi connectivity index (χ1v) is 7.20. The van der Waals surface area contributed by atoms with Crippen LogP contribution in [0.4, 0.5) is 0 Å². The summed E-state index contributed by atoms with van der Waals surface area (Å²) in [5, 5.41) is 10.8. The molecule has 5 nitrogen and oxygen atoms in total. The van der Waals surface area contributed by atoms with E-state index >= 15 is 0 Å². The summed E-state index contributed by atoms with van der Waals surface area (Å²) in [6, 6.07) is 12.0. The minimum absolute atomic E-state index is 0.100. The van der Waals surface area contributed by atoms with Crippen molar-refractivity contribution in [3.05, 3.63) is 69.1 Å². The smallest absolute Gasteiger partial charge is 0.274 e. The number of aliphatic hydroxyl groups is 1. The molecule has 2 N–H and O–H groups in total. The van der Waals surface area contributed by atoms with Gasteiger partial charge in [-0.05, 0) is 30.3 Å². The summed E-state index contributed by atoms with van der Waals surface area (Å²) >= 11 is 5.89. The van der Waals surface area contributed by atoms with Gasteiger partial charge in [-0.15, -0.1) is 0 Å². The molecule has 0 saturated carbocycles. The Morgan fingerprint density at radius 3 is 2.87 bits per heavy atom. The van der Waals surface area contributed by atoms with Gasteiger partial charge >= 0.3 is 0 Å². The number of hydrogen-bond acceptors (Lipinski definition) is 4. The van der Waals surface area contributed by atoms with Gasteiger partial charge in [0.05, 0.1) is 23.7 Å². The summed E-state index contributed by atoms with van der Waals surface area (Å²) in [7, 11) is 1.51. The highest BCUT2D eigenvalue weighted by molar-refractivity contribution is 6.31. The standard InChI is InChI=1S/C17H13ClN2O3/c1-23-16-5-3-2-4-11(16)15(21)9-14-17(22)20-13-8-10(18)6-7-12(13)19-14/h2-9,21H,1H3,(H,20,22). The zero-order valence-corrected chi connectivity index (χ0v) is 13.0. The van der Waals surface area contributed by atoms with E-state index in [1.807, 2.05) is 0 Å². The molecule has 0 aliphatic rings. The molecule has 0 unspecified atom stereocenters. The Bertz CT molecular complexity index is 963. The first kappa shape index (κ1) is 15.1. The van der Waals surface area contributed by atoms with Crippen molar-refractivity contribution < 1.29 is 9.84 Å². The highest BCUT2D eigenvalue weighted by atomic mass is 35.5. The number of aliphatic hydroxyl groups excluding tert-OH is 1. The predicted molar refractivity (Wildman–Crippen MR) is 90.9 cm³/mol. The van der Waals surface area contributed by atoms with Crippen molar-refractivity contribution in [3.63, 3.8) is 0 Å². The maximum atomic E-state index is 12.1. The molecule has 116 valence electrons. The van der Waals surface area contributed by atoms with Crippen LogP contribution >= 0.6 is 11.6 Å². The highest BCUT2D eigenvalue weighted by Gasteiger charge is 2.09. The van der Waals surface area contributed by atoms with E-state index in [2.05, 4.69) is 9.97 Å². The Morgan fingerprint density at radius 2 is 2.09 bits per heavy atom. The van der Waals surface area contributed by atoms with Gasteiger partial charge in [0.15, 0.2) is 0 Å². The Labute approximate surface area is 136 Å². The van der Waals surface area contributed by atoms with Gasteiger partial charge in [0.1, 0.15) is 17.2 Å². The van der Waals surface area contributed by atoms with Crippen LogP contribution < -0.4 is 10.3 Å². The van der Waals surface area contributed by atoms with E-state index < -0.39 is 5.56 Å². The quantitative estimate of drug-likeness (QED) is 0.720. The fourth-order valence-electron chi connectivity index (χ4n) is 2.23. The lowest BCUT2D eigenvalue weighted by Gasteiger charge is -2.07. The number of methoxy groups -OCH3 is 1. The molecule has 0 fully saturated rings. The second kappa shape index (κ2) is 6.14. The molecular formula is C17H13ClN2O3. The minimum atomic E-state index is -0.416. The molecule has 0 radical (unpaired) electrons. The van der Waals surface area contributed by atoms with Gasteiger partial charge in [0.25, 0.3) is 5.56 Å². The molecule has 0 aliphatic heterocycles. The largest absolute Gasteiger partial charge is 0.507 e. The Morgan fingerprint density at radius 1 is 1.30 bits per heavy atom. The van der Waals surface area contributed by atoms with Gasteiger partial charge in [0.2, 0.25) is 0 Å². The van der Waals surface area contributed by atoms with Crippen molar-refractivity contribution in [1.82, 2.24) is 9.97 Å². The number of aromatic amines is 1. The topological polar surface area (TPSA) is 75.2 Å². The zero-order chi connectivity index (χ0) is 16.4. The van der Waals surface area contributed by atoms with Crippen LogP contribution in [0.25, 0.3) is 22.9 Å². The molecule has 2 aromatic carbocycles. The number of benzene rings is 2. The van der Waals surface area contributed by atoms with Crippen LogP contribution in [-0.2, 0) is 0 Å². The average molecular weight is 329 g/mol. The maximum Gasteiger partial charge on any atom is 0.274 e. The van der Waals surface area contributed by atoms with Crippen molar-refractivity contribution in [3.8, 4) is 5.75 Å². The zero-order valence-electron chi connectivity index (χ0n) is 12.2. The van der Waals surface area contributed by atoms with Gasteiger partial charge in [-0.1, -0.05) is 23.7 Å². The Hall–Kier alpha value is -2.79. The molecule has 0 atom stereocenters. The van der Waals surface area contributed by atoms with E-state index in [1.54, 1.807) is 42.5 Å². The lowest BCUT2D eigenvalue weighted by Crippen LogP contribution is -2.12. The first-order valence-electron chi connectivity index (χ1n) is 6.82. The van der Waals surface area contributed by atoms with Crippen LogP contribution in [0.2, 0.25) is 5.02 Å². The monoisotopic (exact) mass is 328 g/mol. The molecule has 0 amide bonds. The van der Waals surface area contributed by atoms with E-state index in [9.17, 15) is 9.90 Å². The summed E-state index contributed by atoms with van der Waals surface area (Å²) < 4.78 is 5.20. The molecule has 3 aromatic rings. The summed E-state index contributed by atoms with van der Waals surface area (Å²) in [4.78, 5) is 19.1. The first-order chi connectivity index (χ1) is 11.1. The predicted octanol–water partition coefficient (Wildman–Crippen LogP) is 3.64. The fourth-order valence-corrected chi connectivity index (χ4v) is 2.41. The van der Waals surface area contributed by atoms with Gasteiger partial charge in [-0.3, -0.25) is 4.79 Å². The van der Waals surface area contributed by atoms with Crippen molar-refractivity contribution in [2.24, 2.45) is 0 Å². The van der Waals surface area contributed by atoms with Gasteiger partial charge in [-0.2, -0.15) is 0 Å². The molecule has 1 aromatic heterocycles. The molecule has 0 aliphatic carbocycles. The van der Waals surface area contributed by atoms with Crippen molar-refractivity contribution in [2.75, 3.05) is 7.11 Å². The summed E-state index contributed by atoms with van der Waals surface area (Å²) in [6.07, 6.45) is 1.31. The number of H-pyrrole nitrogens is 1. The number of nitrogens with one attached hydrogen (secondary N) is 1. The van der Waals surface area contributed by atoms with Crippen LogP contribution in [0, 0.1) is 0 Å². The third kappa shape index (κ3) is 3.05. The average Bonchev–Trinajstić information content (AvgIpc) is 2.55. The van der Waals surface area contributed by atoms with Gasteiger partial charge < -0.3 is 14.8 Å². The number of aromatic nitrogens is 2. The van der Waals surface area contributed by atoms with E-state index in [1.165, 1.54) is 13.2 Å². The van der Waals surface area contributed by atoms with E-state index in [-0.39, 0.29) is 11.5 Å². The number of fused-ring (bicyclic) bond motifs is 1. The molecule has 0 saturated heterocycles. The van der Waals surface area contributed by atoms with Crippen molar-refractivity contribution >= 4 is 34.5 Å². The van der Waals surface area contributed by atoms with Crippen LogP contribution in [0.1, 0.15) is 11.3 Å². The number of hydrogen-bond donors (Lipinski definition) is 2. The molecular weight excluding hydrogens is 316 g/mol. The summed E-state index contributed by atoms with van der Waals surface area (Å²) in [6.45, 7) is 0. The van der Waals surface area contributed by atoms with Crippen molar-refractivity contribution in [2.45, 2.75) is 0 Å². The lowest BCUT2D eigenvalue weighted by molar-refractivity contribution is 0.409. The number of halogens is 1. The highest BCUT2D eigenvalue weighted by Crippen LogP contribution is 2.25. The van der Waals surface area contributed by atoms with Gasteiger partial charge in [-0.25, -0.2) is 4.98 Å². The molecule has 3 rings (SSSR count).